The third kappa shape index (κ3) is 2.43. The van der Waals surface area contributed by atoms with Crippen molar-refractivity contribution < 1.29 is 9.15 Å². The van der Waals surface area contributed by atoms with Crippen LogP contribution in [0.25, 0.3) is 0 Å². The van der Waals surface area contributed by atoms with Gasteiger partial charge in [0.05, 0.1) is 32.2 Å². The fraction of sp³-hybridized carbons (Fsp3) is 0.222. The number of hydrogen-bond acceptors (Lipinski definition) is 6. The van der Waals surface area contributed by atoms with Crippen LogP contribution in [0.3, 0.4) is 0 Å². The largest absolute Gasteiger partial charge is 0.480 e. The fourth-order valence-electron chi connectivity index (χ4n) is 1.04. The molecule has 2 aromatic rings. The van der Waals surface area contributed by atoms with E-state index in [0.29, 0.717) is 18.2 Å². The molecule has 0 saturated carbocycles. The molecule has 15 heavy (non-hydrogen) atoms. The number of rotatable bonds is 4. The van der Waals surface area contributed by atoms with Crippen LogP contribution in [0.5, 0.6) is 5.88 Å². The standard InChI is InChI=1S/C9H10N4O2/c1-14-9-5-10-4-8(13-9)12-3-7-2-11-6-15-7/h2,4-6H,3H2,1H3,(H,12,13). The van der Waals surface area contributed by atoms with Crippen molar-refractivity contribution >= 4 is 5.82 Å². The van der Waals surface area contributed by atoms with E-state index in [-0.39, 0.29) is 0 Å². The van der Waals surface area contributed by atoms with E-state index < -0.39 is 0 Å². The zero-order valence-electron chi connectivity index (χ0n) is 8.17. The number of aromatic nitrogens is 3. The second-order valence-corrected chi connectivity index (χ2v) is 2.77. The Hall–Kier alpha value is -2.11. The molecule has 0 bridgehead atoms. The Kier molecular flexibility index (Phi) is 2.77. The minimum absolute atomic E-state index is 0.470. The Labute approximate surface area is 86.3 Å². The van der Waals surface area contributed by atoms with Crippen LogP contribution in [-0.2, 0) is 6.54 Å². The molecule has 0 aliphatic carbocycles. The van der Waals surface area contributed by atoms with Gasteiger partial charge in [0.15, 0.2) is 6.39 Å². The molecule has 0 aliphatic heterocycles. The molecule has 0 unspecified atom stereocenters. The minimum Gasteiger partial charge on any atom is -0.480 e. The van der Waals surface area contributed by atoms with Gasteiger partial charge in [-0.2, -0.15) is 4.98 Å². The van der Waals surface area contributed by atoms with E-state index in [1.54, 1.807) is 25.7 Å². The first kappa shape index (κ1) is 9.45. The fourth-order valence-corrected chi connectivity index (χ4v) is 1.04. The van der Waals surface area contributed by atoms with Crippen molar-refractivity contribution in [3.8, 4) is 5.88 Å². The van der Waals surface area contributed by atoms with Crippen molar-refractivity contribution in [3.63, 3.8) is 0 Å². The lowest BCUT2D eigenvalue weighted by Crippen LogP contribution is -2.01. The summed E-state index contributed by atoms with van der Waals surface area (Å²) in [7, 11) is 1.55. The summed E-state index contributed by atoms with van der Waals surface area (Å²) in [6.45, 7) is 0.516. The second kappa shape index (κ2) is 4.41. The van der Waals surface area contributed by atoms with Crippen molar-refractivity contribution in [3.05, 3.63) is 30.7 Å². The Balaban J connectivity index is 1.98. The maximum atomic E-state index is 5.06. The number of methoxy groups -OCH3 is 1. The molecule has 6 nitrogen and oxygen atoms in total. The van der Waals surface area contributed by atoms with E-state index in [1.807, 2.05) is 0 Å². The number of oxazole rings is 1. The number of ether oxygens (including phenoxy) is 1. The van der Waals surface area contributed by atoms with Crippen LogP contribution in [-0.4, -0.2) is 22.1 Å². The van der Waals surface area contributed by atoms with Gasteiger partial charge in [-0.1, -0.05) is 0 Å². The summed E-state index contributed by atoms with van der Waals surface area (Å²) in [6.07, 6.45) is 6.17. The molecule has 2 aromatic heterocycles. The molecule has 2 heterocycles. The Bertz CT molecular complexity index is 416. The smallest absolute Gasteiger partial charge is 0.233 e. The van der Waals surface area contributed by atoms with E-state index in [2.05, 4.69) is 20.3 Å². The summed E-state index contributed by atoms with van der Waals surface area (Å²) < 4.78 is 10.0. The third-order valence-electron chi connectivity index (χ3n) is 1.75. The van der Waals surface area contributed by atoms with Gasteiger partial charge in [-0.25, -0.2) is 4.98 Å². The predicted molar refractivity (Wildman–Crippen MR) is 52.4 cm³/mol. The molecule has 0 saturated heterocycles. The van der Waals surface area contributed by atoms with Gasteiger partial charge < -0.3 is 14.5 Å². The monoisotopic (exact) mass is 206 g/mol. The SMILES string of the molecule is COc1cncc(NCc2cnco2)n1. The maximum absolute atomic E-state index is 5.06. The van der Waals surface area contributed by atoms with Gasteiger partial charge in [0.1, 0.15) is 11.6 Å². The van der Waals surface area contributed by atoms with Crippen LogP contribution in [0.4, 0.5) is 5.82 Å². The zero-order valence-corrected chi connectivity index (χ0v) is 8.17. The van der Waals surface area contributed by atoms with E-state index in [0.717, 1.165) is 5.76 Å². The van der Waals surface area contributed by atoms with Crippen LogP contribution in [0.2, 0.25) is 0 Å². The summed E-state index contributed by atoms with van der Waals surface area (Å²) in [4.78, 5) is 11.9. The van der Waals surface area contributed by atoms with Crippen molar-refractivity contribution in [2.45, 2.75) is 6.54 Å². The molecule has 0 radical (unpaired) electrons. The molecule has 1 N–H and O–H groups in total. The quantitative estimate of drug-likeness (QED) is 0.807. The molecule has 0 amide bonds. The Morgan fingerprint density at radius 1 is 1.33 bits per heavy atom. The summed E-state index contributed by atoms with van der Waals surface area (Å²) in [5.41, 5.74) is 0. The van der Waals surface area contributed by atoms with Gasteiger partial charge in [0, 0.05) is 0 Å². The highest BCUT2D eigenvalue weighted by Gasteiger charge is 1.99. The molecule has 0 fully saturated rings. The van der Waals surface area contributed by atoms with Crippen LogP contribution in [0.1, 0.15) is 5.76 Å². The van der Waals surface area contributed by atoms with Gasteiger partial charge in [0.2, 0.25) is 5.88 Å². The van der Waals surface area contributed by atoms with Gasteiger partial charge >= 0.3 is 0 Å². The van der Waals surface area contributed by atoms with Crippen molar-refractivity contribution in [2.24, 2.45) is 0 Å². The molecule has 78 valence electrons. The number of nitrogens with zero attached hydrogens (tertiary/aromatic N) is 3. The summed E-state index contributed by atoms with van der Waals surface area (Å²) in [6, 6.07) is 0. The highest BCUT2D eigenvalue weighted by Crippen LogP contribution is 2.09. The first-order valence-corrected chi connectivity index (χ1v) is 4.36. The lowest BCUT2D eigenvalue weighted by Gasteiger charge is -2.03. The van der Waals surface area contributed by atoms with Crippen molar-refractivity contribution in [1.82, 2.24) is 15.0 Å². The topological polar surface area (TPSA) is 73.1 Å². The highest BCUT2D eigenvalue weighted by molar-refractivity contribution is 5.33. The highest BCUT2D eigenvalue weighted by atomic mass is 16.5. The second-order valence-electron chi connectivity index (χ2n) is 2.77. The average molecular weight is 206 g/mol. The molecule has 0 spiro atoms. The van der Waals surface area contributed by atoms with E-state index in [1.165, 1.54) is 6.39 Å². The average Bonchev–Trinajstić information content (AvgIpc) is 2.79. The summed E-state index contributed by atoms with van der Waals surface area (Å²) >= 11 is 0. The van der Waals surface area contributed by atoms with E-state index >= 15 is 0 Å². The molecular weight excluding hydrogens is 196 g/mol. The lowest BCUT2D eigenvalue weighted by atomic mass is 10.5. The molecular formula is C9H10N4O2. The van der Waals surface area contributed by atoms with E-state index in [4.69, 9.17) is 9.15 Å². The zero-order chi connectivity index (χ0) is 10.5. The van der Waals surface area contributed by atoms with Gasteiger partial charge in [-0.05, 0) is 0 Å². The van der Waals surface area contributed by atoms with Gasteiger partial charge in [0.25, 0.3) is 0 Å². The minimum atomic E-state index is 0.470. The van der Waals surface area contributed by atoms with Gasteiger partial charge in [-0.15, -0.1) is 0 Å². The molecule has 2 rings (SSSR count). The van der Waals surface area contributed by atoms with Crippen LogP contribution in [0.15, 0.2) is 29.4 Å². The van der Waals surface area contributed by atoms with Gasteiger partial charge in [-0.3, -0.25) is 4.98 Å². The molecule has 0 aliphatic rings. The third-order valence-corrected chi connectivity index (χ3v) is 1.75. The number of nitrogens with one attached hydrogen (secondary N) is 1. The van der Waals surface area contributed by atoms with Crippen molar-refractivity contribution in [1.29, 1.82) is 0 Å². The molecule has 0 aromatic carbocycles. The summed E-state index contributed by atoms with van der Waals surface area (Å²) in [5, 5.41) is 3.03. The Morgan fingerprint density at radius 2 is 2.27 bits per heavy atom. The normalized spacial score (nSPS) is 9.93. The summed E-state index contributed by atoms with van der Waals surface area (Å²) in [5.74, 6) is 1.84. The first-order chi connectivity index (χ1) is 7.38. The first-order valence-electron chi connectivity index (χ1n) is 4.36. The number of anilines is 1. The lowest BCUT2D eigenvalue weighted by molar-refractivity contribution is 0.396. The Morgan fingerprint density at radius 3 is 3.00 bits per heavy atom. The predicted octanol–water partition coefficient (Wildman–Crippen LogP) is 1.09. The van der Waals surface area contributed by atoms with Crippen LogP contribution < -0.4 is 10.1 Å². The molecule has 6 heteroatoms. The number of hydrogen-bond donors (Lipinski definition) is 1. The van der Waals surface area contributed by atoms with Crippen LogP contribution in [0, 0.1) is 0 Å². The van der Waals surface area contributed by atoms with E-state index in [9.17, 15) is 0 Å². The van der Waals surface area contributed by atoms with Crippen molar-refractivity contribution in [2.75, 3.05) is 12.4 Å². The molecule has 0 atom stereocenters. The maximum Gasteiger partial charge on any atom is 0.233 e. The van der Waals surface area contributed by atoms with Crippen LogP contribution >= 0.6 is 0 Å².